The molecular formula is C14H13Br2NO3S. The second-order valence-corrected chi connectivity index (χ2v) is 7.96. The Balaban J connectivity index is 2.49. The number of hydrogen-bond acceptors (Lipinski definition) is 3. The van der Waals surface area contributed by atoms with Gasteiger partial charge >= 0.3 is 0 Å². The van der Waals surface area contributed by atoms with E-state index in [4.69, 9.17) is 4.74 Å². The van der Waals surface area contributed by atoms with Crippen molar-refractivity contribution in [3.8, 4) is 5.75 Å². The van der Waals surface area contributed by atoms with Crippen LogP contribution in [0.4, 0.5) is 5.69 Å². The maximum Gasteiger partial charge on any atom is 0.265 e. The molecule has 0 aliphatic heterocycles. The number of benzene rings is 2. The van der Waals surface area contributed by atoms with E-state index in [1.54, 1.807) is 49.6 Å². The molecule has 0 heterocycles. The molecule has 0 saturated carbocycles. The summed E-state index contributed by atoms with van der Waals surface area (Å²) < 4.78 is 33.0. The highest BCUT2D eigenvalue weighted by Crippen LogP contribution is 2.31. The van der Waals surface area contributed by atoms with Crippen molar-refractivity contribution in [1.82, 2.24) is 0 Å². The van der Waals surface area contributed by atoms with Gasteiger partial charge in [-0.05, 0) is 46.3 Å². The molecular weight excluding hydrogens is 422 g/mol. The lowest BCUT2D eigenvalue weighted by atomic mass is 10.3. The van der Waals surface area contributed by atoms with Gasteiger partial charge in [-0.15, -0.1) is 0 Å². The molecule has 0 aromatic heterocycles. The van der Waals surface area contributed by atoms with Crippen LogP contribution in [0.5, 0.6) is 5.75 Å². The standard InChI is InChI=1S/C14H13Br2NO3S/c1-17(11-4-3-5-12(9-11)20-2)21(18,19)14-8-10(15)6-7-13(14)16/h3-9H,1-2H3. The molecule has 4 nitrogen and oxygen atoms in total. The van der Waals surface area contributed by atoms with Crippen LogP contribution in [-0.2, 0) is 10.0 Å². The quantitative estimate of drug-likeness (QED) is 0.729. The summed E-state index contributed by atoms with van der Waals surface area (Å²) in [7, 11) is -0.618. The predicted octanol–water partition coefficient (Wildman–Crippen LogP) is 4.05. The van der Waals surface area contributed by atoms with Crippen molar-refractivity contribution in [3.63, 3.8) is 0 Å². The van der Waals surface area contributed by atoms with E-state index in [1.807, 2.05) is 0 Å². The van der Waals surface area contributed by atoms with Crippen LogP contribution in [-0.4, -0.2) is 22.6 Å². The van der Waals surface area contributed by atoms with Gasteiger partial charge in [-0.25, -0.2) is 8.42 Å². The van der Waals surface area contributed by atoms with Crippen molar-refractivity contribution < 1.29 is 13.2 Å². The Morgan fingerprint density at radius 2 is 1.81 bits per heavy atom. The molecule has 0 unspecified atom stereocenters. The number of anilines is 1. The van der Waals surface area contributed by atoms with Crippen LogP contribution in [0.1, 0.15) is 0 Å². The van der Waals surface area contributed by atoms with Gasteiger partial charge in [0.25, 0.3) is 10.0 Å². The molecule has 0 atom stereocenters. The first-order valence-corrected chi connectivity index (χ1v) is 8.97. The Labute approximate surface area is 141 Å². The van der Waals surface area contributed by atoms with Crippen molar-refractivity contribution in [2.24, 2.45) is 0 Å². The van der Waals surface area contributed by atoms with Gasteiger partial charge < -0.3 is 4.74 Å². The van der Waals surface area contributed by atoms with Gasteiger partial charge in [0.1, 0.15) is 10.6 Å². The highest BCUT2D eigenvalue weighted by atomic mass is 79.9. The lowest BCUT2D eigenvalue weighted by Gasteiger charge is -2.21. The molecule has 0 N–H and O–H groups in total. The van der Waals surface area contributed by atoms with E-state index in [9.17, 15) is 8.42 Å². The van der Waals surface area contributed by atoms with Crippen molar-refractivity contribution in [2.75, 3.05) is 18.5 Å². The molecule has 21 heavy (non-hydrogen) atoms. The number of ether oxygens (including phenoxy) is 1. The average Bonchev–Trinajstić information content (AvgIpc) is 2.48. The van der Waals surface area contributed by atoms with Crippen LogP contribution >= 0.6 is 31.9 Å². The zero-order chi connectivity index (χ0) is 15.6. The van der Waals surface area contributed by atoms with E-state index >= 15 is 0 Å². The van der Waals surface area contributed by atoms with Gasteiger partial charge in [0.15, 0.2) is 0 Å². The van der Waals surface area contributed by atoms with Crippen LogP contribution in [0.25, 0.3) is 0 Å². The molecule has 0 amide bonds. The smallest absolute Gasteiger partial charge is 0.265 e. The second kappa shape index (κ2) is 6.37. The first-order valence-electron chi connectivity index (χ1n) is 5.94. The topological polar surface area (TPSA) is 46.6 Å². The number of methoxy groups -OCH3 is 1. The molecule has 0 aliphatic carbocycles. The number of rotatable bonds is 4. The van der Waals surface area contributed by atoms with Gasteiger partial charge in [-0.3, -0.25) is 4.31 Å². The summed E-state index contributed by atoms with van der Waals surface area (Å²) >= 11 is 6.58. The van der Waals surface area contributed by atoms with Crippen molar-refractivity contribution >= 4 is 47.6 Å². The Bertz CT molecular complexity index is 763. The zero-order valence-electron chi connectivity index (χ0n) is 11.4. The van der Waals surface area contributed by atoms with Gasteiger partial charge in [0.05, 0.1) is 12.8 Å². The average molecular weight is 435 g/mol. The molecule has 2 rings (SSSR count). The highest BCUT2D eigenvalue weighted by molar-refractivity contribution is 9.11. The molecule has 0 bridgehead atoms. The van der Waals surface area contributed by atoms with E-state index in [0.717, 1.165) is 0 Å². The van der Waals surface area contributed by atoms with Crippen molar-refractivity contribution in [3.05, 3.63) is 51.4 Å². The normalized spacial score (nSPS) is 11.2. The maximum absolute atomic E-state index is 12.7. The fraction of sp³-hybridized carbons (Fsp3) is 0.143. The molecule has 112 valence electrons. The van der Waals surface area contributed by atoms with Gasteiger partial charge in [0, 0.05) is 22.1 Å². The Hall–Kier alpha value is -1.05. The van der Waals surface area contributed by atoms with Gasteiger partial charge in [-0.1, -0.05) is 22.0 Å². The number of nitrogens with zero attached hydrogens (tertiary/aromatic N) is 1. The molecule has 0 saturated heterocycles. The minimum atomic E-state index is -3.67. The van der Waals surface area contributed by atoms with E-state index < -0.39 is 10.0 Å². The largest absolute Gasteiger partial charge is 0.497 e. The Morgan fingerprint density at radius 1 is 1.10 bits per heavy atom. The molecule has 0 radical (unpaired) electrons. The molecule has 7 heteroatoms. The summed E-state index contributed by atoms with van der Waals surface area (Å²) in [4.78, 5) is 0.196. The fourth-order valence-corrected chi connectivity index (χ4v) is 4.42. The maximum atomic E-state index is 12.7. The number of hydrogen-bond donors (Lipinski definition) is 0. The van der Waals surface area contributed by atoms with E-state index in [1.165, 1.54) is 11.4 Å². The summed E-state index contributed by atoms with van der Waals surface area (Å²) in [5, 5.41) is 0. The third-order valence-corrected chi connectivity index (χ3v) is 6.22. The molecule has 0 spiro atoms. The van der Waals surface area contributed by atoms with Gasteiger partial charge in [-0.2, -0.15) is 0 Å². The fourth-order valence-electron chi connectivity index (χ4n) is 1.77. The van der Waals surface area contributed by atoms with Crippen LogP contribution < -0.4 is 9.04 Å². The summed E-state index contributed by atoms with van der Waals surface area (Å²) in [6.45, 7) is 0. The third-order valence-electron chi connectivity index (χ3n) is 2.95. The third kappa shape index (κ3) is 3.41. The minimum absolute atomic E-state index is 0.196. The molecule has 0 aliphatic rings. The molecule has 2 aromatic rings. The zero-order valence-corrected chi connectivity index (χ0v) is 15.4. The summed E-state index contributed by atoms with van der Waals surface area (Å²) in [6.07, 6.45) is 0. The first kappa shape index (κ1) is 16.3. The lowest BCUT2D eigenvalue weighted by Crippen LogP contribution is -2.26. The predicted molar refractivity (Wildman–Crippen MR) is 90.4 cm³/mol. The molecule has 0 fully saturated rings. The minimum Gasteiger partial charge on any atom is -0.497 e. The van der Waals surface area contributed by atoms with Crippen LogP contribution in [0.2, 0.25) is 0 Å². The van der Waals surface area contributed by atoms with E-state index in [2.05, 4.69) is 31.9 Å². The molecule has 2 aromatic carbocycles. The summed E-state index contributed by atoms with van der Waals surface area (Å²) in [5.41, 5.74) is 0.529. The number of halogens is 2. The summed E-state index contributed by atoms with van der Waals surface area (Å²) in [6, 6.07) is 11.9. The van der Waals surface area contributed by atoms with Crippen LogP contribution in [0.15, 0.2) is 56.3 Å². The van der Waals surface area contributed by atoms with Crippen molar-refractivity contribution in [2.45, 2.75) is 4.90 Å². The van der Waals surface area contributed by atoms with Gasteiger partial charge in [0.2, 0.25) is 0 Å². The number of sulfonamides is 1. The van der Waals surface area contributed by atoms with Crippen molar-refractivity contribution in [1.29, 1.82) is 0 Å². The Morgan fingerprint density at radius 3 is 2.48 bits per heavy atom. The monoisotopic (exact) mass is 433 g/mol. The highest BCUT2D eigenvalue weighted by Gasteiger charge is 2.24. The first-order chi connectivity index (χ1) is 9.86. The summed E-state index contributed by atoms with van der Waals surface area (Å²) in [5.74, 6) is 0.600. The lowest BCUT2D eigenvalue weighted by molar-refractivity contribution is 0.415. The van der Waals surface area contributed by atoms with Crippen LogP contribution in [0.3, 0.4) is 0 Å². The van der Waals surface area contributed by atoms with E-state index in [-0.39, 0.29) is 4.90 Å². The second-order valence-electron chi connectivity index (χ2n) is 4.25. The Kier molecular flexibility index (Phi) is 4.95. The van der Waals surface area contributed by atoms with E-state index in [0.29, 0.717) is 20.4 Å². The van der Waals surface area contributed by atoms with Crippen LogP contribution in [0, 0.1) is 0 Å². The SMILES string of the molecule is COc1cccc(N(C)S(=O)(=O)c2cc(Br)ccc2Br)c1.